The second-order valence-electron chi connectivity index (χ2n) is 7.35. The molecule has 1 aliphatic rings. The van der Waals surface area contributed by atoms with E-state index in [0.717, 1.165) is 43.4 Å². The van der Waals surface area contributed by atoms with Gasteiger partial charge < -0.3 is 9.80 Å². The van der Waals surface area contributed by atoms with Crippen LogP contribution in [0.4, 0.5) is 5.82 Å². The number of rotatable bonds is 8. The van der Waals surface area contributed by atoms with Crippen molar-refractivity contribution in [2.24, 2.45) is 0 Å². The summed E-state index contributed by atoms with van der Waals surface area (Å²) in [5.41, 5.74) is 0.967. The van der Waals surface area contributed by atoms with E-state index >= 15 is 0 Å². The topological polar surface area (TPSA) is 55.8 Å². The molecule has 7 nitrogen and oxygen atoms in total. The molecule has 1 amide bonds. The molecule has 0 spiro atoms. The van der Waals surface area contributed by atoms with E-state index in [0.29, 0.717) is 13.1 Å². The van der Waals surface area contributed by atoms with Gasteiger partial charge in [0.1, 0.15) is 11.6 Å². The summed E-state index contributed by atoms with van der Waals surface area (Å²) in [5.74, 6) is 1.98. The van der Waals surface area contributed by atoms with Crippen molar-refractivity contribution in [3.05, 3.63) is 17.6 Å². The van der Waals surface area contributed by atoms with E-state index < -0.39 is 0 Å². The second kappa shape index (κ2) is 9.28. The van der Waals surface area contributed by atoms with Gasteiger partial charge in [0, 0.05) is 39.8 Å². The summed E-state index contributed by atoms with van der Waals surface area (Å²) in [6, 6.07) is 2.31. The number of hydrogen-bond acceptors (Lipinski definition) is 6. The number of amides is 1. The van der Waals surface area contributed by atoms with E-state index in [1.165, 1.54) is 6.42 Å². The lowest BCUT2D eigenvalue weighted by Gasteiger charge is -2.24. The number of nitrogens with zero attached hydrogens (tertiary/aromatic N) is 6. The maximum Gasteiger partial charge on any atom is 0.236 e. The smallest absolute Gasteiger partial charge is 0.236 e. The zero-order chi connectivity index (χ0) is 19.3. The third kappa shape index (κ3) is 5.14. The van der Waals surface area contributed by atoms with Crippen LogP contribution in [0.1, 0.15) is 44.2 Å². The van der Waals surface area contributed by atoms with Crippen LogP contribution in [-0.4, -0.2) is 84.9 Å². The van der Waals surface area contributed by atoms with E-state index in [1.807, 2.05) is 55.8 Å². The van der Waals surface area contributed by atoms with Gasteiger partial charge in [-0.05, 0) is 47.3 Å². The van der Waals surface area contributed by atoms with Crippen LogP contribution in [0.15, 0.2) is 6.07 Å². The molecule has 2 rings (SSSR count). The molecule has 1 aliphatic heterocycles. The highest BCUT2D eigenvalue weighted by Crippen LogP contribution is 2.29. The van der Waals surface area contributed by atoms with E-state index in [2.05, 4.69) is 11.9 Å². The predicted molar refractivity (Wildman–Crippen MR) is 105 cm³/mol. The molecule has 0 bridgehead atoms. The Morgan fingerprint density at radius 3 is 2.46 bits per heavy atom. The molecular weight excluding hydrogens is 328 g/mol. The van der Waals surface area contributed by atoms with Gasteiger partial charge in [0.15, 0.2) is 0 Å². The second-order valence-corrected chi connectivity index (χ2v) is 7.35. The van der Waals surface area contributed by atoms with E-state index in [9.17, 15) is 4.79 Å². The van der Waals surface area contributed by atoms with Gasteiger partial charge in [-0.15, -0.1) is 0 Å². The maximum absolute atomic E-state index is 12.3. The highest BCUT2D eigenvalue weighted by Gasteiger charge is 2.26. The van der Waals surface area contributed by atoms with Gasteiger partial charge in [-0.2, -0.15) is 0 Å². The minimum atomic E-state index is 0.162. The third-order valence-corrected chi connectivity index (χ3v) is 5.01. The first-order valence-corrected chi connectivity index (χ1v) is 9.57. The number of carbonyl (C=O) groups excluding carboxylic acids is 1. The van der Waals surface area contributed by atoms with Gasteiger partial charge in [0.2, 0.25) is 5.91 Å². The van der Waals surface area contributed by atoms with Gasteiger partial charge in [-0.1, -0.05) is 0 Å². The van der Waals surface area contributed by atoms with E-state index in [1.54, 1.807) is 0 Å². The molecule has 0 saturated carbocycles. The summed E-state index contributed by atoms with van der Waals surface area (Å²) in [6.45, 7) is 7.66. The van der Waals surface area contributed by atoms with Crippen molar-refractivity contribution >= 4 is 11.7 Å². The summed E-state index contributed by atoms with van der Waals surface area (Å²) in [4.78, 5) is 30.2. The number of carbonyl (C=O) groups is 1. The summed E-state index contributed by atoms with van der Waals surface area (Å²) in [6.07, 6.45) is 2.29. The van der Waals surface area contributed by atoms with Gasteiger partial charge in [0.25, 0.3) is 0 Å². The average Bonchev–Trinajstić information content (AvgIpc) is 3.01. The van der Waals surface area contributed by atoms with Crippen molar-refractivity contribution in [2.75, 3.05) is 59.3 Å². The molecule has 146 valence electrons. The van der Waals surface area contributed by atoms with Crippen LogP contribution in [0.2, 0.25) is 0 Å². The highest BCUT2D eigenvalue weighted by atomic mass is 16.2. The van der Waals surface area contributed by atoms with Gasteiger partial charge in [-0.3, -0.25) is 14.6 Å². The molecular formula is C19H34N6O. The Labute approximate surface area is 158 Å². The van der Waals surface area contributed by atoms with E-state index in [4.69, 9.17) is 9.97 Å². The third-order valence-electron chi connectivity index (χ3n) is 5.01. The van der Waals surface area contributed by atoms with Crippen molar-refractivity contribution < 1.29 is 4.79 Å². The van der Waals surface area contributed by atoms with Crippen molar-refractivity contribution in [3.8, 4) is 0 Å². The van der Waals surface area contributed by atoms with Crippen LogP contribution in [-0.2, 0) is 11.3 Å². The standard InChI is InChI=1S/C19H34N6O/c1-7-25(8-2)18(26)14-23(5)13-15-12-17(22(3)4)21-19(20-15)16-10-9-11-24(16)6/h12,16H,7-11,13-14H2,1-6H3/t16-/m1/s1. The molecule has 0 aliphatic carbocycles. The fraction of sp³-hybridized carbons (Fsp3) is 0.737. The Hall–Kier alpha value is -1.73. The number of aromatic nitrogens is 2. The zero-order valence-electron chi connectivity index (χ0n) is 17.2. The van der Waals surface area contributed by atoms with Crippen LogP contribution >= 0.6 is 0 Å². The average molecular weight is 363 g/mol. The van der Waals surface area contributed by atoms with E-state index in [-0.39, 0.29) is 11.9 Å². The molecule has 1 aromatic heterocycles. The van der Waals surface area contributed by atoms with Crippen LogP contribution < -0.4 is 4.90 Å². The van der Waals surface area contributed by atoms with Crippen LogP contribution in [0.5, 0.6) is 0 Å². The minimum absolute atomic E-state index is 0.162. The lowest BCUT2D eigenvalue weighted by molar-refractivity contribution is -0.131. The first kappa shape index (κ1) is 20.6. The van der Waals surface area contributed by atoms with Crippen molar-refractivity contribution in [3.63, 3.8) is 0 Å². The van der Waals surface area contributed by atoms with Crippen LogP contribution in [0.25, 0.3) is 0 Å². The lowest BCUT2D eigenvalue weighted by Crippen LogP contribution is -2.38. The van der Waals surface area contributed by atoms with Crippen LogP contribution in [0, 0.1) is 0 Å². The minimum Gasteiger partial charge on any atom is -0.363 e. The Morgan fingerprint density at radius 1 is 1.23 bits per heavy atom. The Bertz CT molecular complexity index is 602. The quantitative estimate of drug-likeness (QED) is 0.700. The van der Waals surface area contributed by atoms with Gasteiger partial charge in [0.05, 0.1) is 18.3 Å². The molecule has 7 heteroatoms. The Kier molecular flexibility index (Phi) is 7.34. The van der Waals surface area contributed by atoms with Crippen LogP contribution in [0.3, 0.4) is 0 Å². The van der Waals surface area contributed by atoms with Crippen molar-refractivity contribution in [1.82, 2.24) is 24.7 Å². The van der Waals surface area contributed by atoms with Gasteiger partial charge >= 0.3 is 0 Å². The SMILES string of the molecule is CCN(CC)C(=O)CN(C)Cc1cc(N(C)C)nc([C@H]2CCCN2C)n1. The maximum atomic E-state index is 12.3. The Morgan fingerprint density at radius 2 is 1.92 bits per heavy atom. The first-order valence-electron chi connectivity index (χ1n) is 9.57. The zero-order valence-corrected chi connectivity index (χ0v) is 17.2. The molecule has 0 radical (unpaired) electrons. The van der Waals surface area contributed by atoms with Crippen molar-refractivity contribution in [2.45, 2.75) is 39.3 Å². The molecule has 2 heterocycles. The highest BCUT2D eigenvalue weighted by molar-refractivity contribution is 5.78. The fourth-order valence-corrected chi connectivity index (χ4v) is 3.44. The normalized spacial score (nSPS) is 17.7. The van der Waals surface area contributed by atoms with Crippen molar-refractivity contribution in [1.29, 1.82) is 0 Å². The molecule has 1 atom stereocenters. The molecule has 26 heavy (non-hydrogen) atoms. The molecule has 1 saturated heterocycles. The summed E-state index contributed by atoms with van der Waals surface area (Å²) in [5, 5.41) is 0. The fourth-order valence-electron chi connectivity index (χ4n) is 3.44. The Balaban J connectivity index is 2.14. The largest absolute Gasteiger partial charge is 0.363 e. The number of anilines is 1. The summed E-state index contributed by atoms with van der Waals surface area (Å²) >= 11 is 0. The molecule has 1 fully saturated rings. The number of likely N-dealkylation sites (tertiary alicyclic amines) is 1. The molecule has 0 N–H and O–H groups in total. The van der Waals surface area contributed by atoms with Gasteiger partial charge in [-0.25, -0.2) is 9.97 Å². The predicted octanol–water partition coefficient (Wildman–Crippen LogP) is 1.61. The molecule has 0 unspecified atom stereocenters. The number of likely N-dealkylation sites (N-methyl/N-ethyl adjacent to an activating group) is 2. The monoisotopic (exact) mass is 362 g/mol. The lowest BCUT2D eigenvalue weighted by atomic mass is 10.2. The number of hydrogen-bond donors (Lipinski definition) is 0. The summed E-state index contributed by atoms with van der Waals surface area (Å²) in [7, 11) is 8.11. The molecule has 1 aromatic rings. The molecule has 0 aromatic carbocycles. The first-order chi connectivity index (χ1) is 12.3. The summed E-state index contributed by atoms with van der Waals surface area (Å²) < 4.78 is 0.